The molecule has 0 aromatic heterocycles. The lowest BCUT2D eigenvalue weighted by Crippen LogP contribution is -2.54. The minimum atomic E-state index is -0.436. The zero-order valence-electron chi connectivity index (χ0n) is 16.8. The second kappa shape index (κ2) is 11.6. The van der Waals surface area contributed by atoms with E-state index in [9.17, 15) is 13.6 Å². The van der Waals surface area contributed by atoms with Gasteiger partial charge in [-0.2, -0.15) is 0 Å². The van der Waals surface area contributed by atoms with Gasteiger partial charge >= 0.3 is 0 Å². The number of hydrogen-bond donors (Lipinski definition) is 2. The van der Waals surface area contributed by atoms with E-state index in [1.54, 1.807) is 0 Å². The molecule has 0 radical (unpaired) electrons. The summed E-state index contributed by atoms with van der Waals surface area (Å²) in [6.45, 7) is 6.69. The fourth-order valence-electron chi connectivity index (χ4n) is 3.26. The van der Waals surface area contributed by atoms with Crippen LogP contribution >= 0.6 is 24.0 Å². The molecule has 0 atom stereocenters. The number of benzene rings is 1. The highest BCUT2D eigenvalue weighted by Crippen LogP contribution is 2.18. The Morgan fingerprint density at radius 1 is 1.21 bits per heavy atom. The van der Waals surface area contributed by atoms with E-state index in [0.29, 0.717) is 31.1 Å². The van der Waals surface area contributed by atoms with Gasteiger partial charge in [-0.1, -0.05) is 0 Å². The molecule has 29 heavy (non-hydrogen) atoms. The summed E-state index contributed by atoms with van der Waals surface area (Å²) < 4.78 is 27.0. The van der Waals surface area contributed by atoms with Crippen LogP contribution in [0.1, 0.15) is 25.3 Å². The molecule has 3 rings (SSSR count). The average Bonchev–Trinajstić information content (AvgIpc) is 3.48. The van der Waals surface area contributed by atoms with Crippen molar-refractivity contribution in [2.45, 2.75) is 32.2 Å². The first-order chi connectivity index (χ1) is 13.5. The molecule has 0 spiro atoms. The molecule has 162 valence electrons. The maximum absolute atomic E-state index is 13.7. The molecule has 0 bridgehead atoms. The topological polar surface area (TPSA) is 60.0 Å². The summed E-state index contributed by atoms with van der Waals surface area (Å²) in [5.41, 5.74) is 0.339. The normalized spacial score (nSPS) is 17.6. The molecule has 1 aliphatic heterocycles. The minimum absolute atomic E-state index is 0. The van der Waals surface area contributed by atoms with Gasteiger partial charge in [-0.05, 0) is 49.9 Å². The maximum Gasteiger partial charge on any atom is 0.234 e. The van der Waals surface area contributed by atoms with E-state index in [0.717, 1.165) is 63.7 Å². The standard InChI is InChI=1S/C20H29F2N5O.HI/c1-2-23-20(24-8-7-15-13-16(21)3-6-18(15)22)27-11-9-26(10-12-27)14-19(28)25-17-4-5-17;/h3,6,13,17H,2,4-5,7-12,14H2,1H3,(H,23,24)(H,25,28);1H. The number of hydrogen-bond acceptors (Lipinski definition) is 3. The second-order valence-corrected chi connectivity index (χ2v) is 7.33. The molecule has 1 aromatic rings. The fourth-order valence-corrected chi connectivity index (χ4v) is 3.26. The monoisotopic (exact) mass is 521 g/mol. The number of nitrogens with zero attached hydrogens (tertiary/aromatic N) is 3. The lowest BCUT2D eigenvalue weighted by molar-refractivity contribution is -0.122. The second-order valence-electron chi connectivity index (χ2n) is 7.33. The van der Waals surface area contributed by atoms with E-state index in [-0.39, 0.29) is 29.9 Å². The number of piperazine rings is 1. The van der Waals surface area contributed by atoms with Crippen LogP contribution < -0.4 is 10.6 Å². The van der Waals surface area contributed by atoms with Crippen LogP contribution in [0.4, 0.5) is 8.78 Å². The number of carbonyl (C=O) groups is 1. The molecule has 9 heteroatoms. The molecule has 6 nitrogen and oxygen atoms in total. The lowest BCUT2D eigenvalue weighted by Gasteiger charge is -2.36. The Kier molecular flexibility index (Phi) is 9.54. The van der Waals surface area contributed by atoms with Crippen molar-refractivity contribution in [3.8, 4) is 0 Å². The number of amides is 1. The summed E-state index contributed by atoms with van der Waals surface area (Å²) in [4.78, 5) is 20.8. The van der Waals surface area contributed by atoms with Gasteiger partial charge in [0, 0.05) is 45.3 Å². The first kappa shape index (κ1) is 23.8. The van der Waals surface area contributed by atoms with Crippen molar-refractivity contribution in [3.63, 3.8) is 0 Å². The molecular formula is C20H30F2IN5O. The number of nitrogens with one attached hydrogen (secondary N) is 2. The van der Waals surface area contributed by atoms with Crippen molar-refractivity contribution < 1.29 is 13.6 Å². The number of guanidine groups is 1. The molecule has 1 aliphatic carbocycles. The molecule has 0 unspecified atom stereocenters. The number of aliphatic imine (C=N–C) groups is 1. The van der Waals surface area contributed by atoms with Crippen LogP contribution in [0, 0.1) is 11.6 Å². The van der Waals surface area contributed by atoms with E-state index in [1.165, 1.54) is 6.07 Å². The zero-order valence-corrected chi connectivity index (χ0v) is 19.1. The predicted molar refractivity (Wildman–Crippen MR) is 121 cm³/mol. The Balaban J connectivity index is 0.00000300. The third-order valence-electron chi connectivity index (χ3n) is 4.97. The average molecular weight is 521 g/mol. The van der Waals surface area contributed by atoms with Crippen LogP contribution in [0.5, 0.6) is 0 Å². The van der Waals surface area contributed by atoms with Gasteiger partial charge in [-0.15, -0.1) is 24.0 Å². The summed E-state index contributed by atoms with van der Waals surface area (Å²) in [6.07, 6.45) is 2.54. The maximum atomic E-state index is 13.7. The van der Waals surface area contributed by atoms with Crippen LogP contribution in [0.25, 0.3) is 0 Å². The Labute approximate surface area is 188 Å². The fraction of sp³-hybridized carbons (Fsp3) is 0.600. The Morgan fingerprint density at radius 2 is 1.93 bits per heavy atom. The van der Waals surface area contributed by atoms with Gasteiger partial charge < -0.3 is 15.5 Å². The first-order valence-electron chi connectivity index (χ1n) is 10.0. The highest BCUT2D eigenvalue weighted by atomic mass is 127. The predicted octanol–water partition coefficient (Wildman–Crippen LogP) is 1.99. The first-order valence-corrected chi connectivity index (χ1v) is 10.0. The van der Waals surface area contributed by atoms with Gasteiger partial charge in [0.25, 0.3) is 0 Å². The highest BCUT2D eigenvalue weighted by molar-refractivity contribution is 14.0. The number of halogens is 3. The van der Waals surface area contributed by atoms with Crippen LogP contribution in [-0.4, -0.2) is 73.5 Å². The quantitative estimate of drug-likeness (QED) is 0.328. The van der Waals surface area contributed by atoms with E-state index < -0.39 is 11.6 Å². The van der Waals surface area contributed by atoms with Crippen molar-refractivity contribution in [1.29, 1.82) is 0 Å². The summed E-state index contributed by atoms with van der Waals surface area (Å²) >= 11 is 0. The molecule has 1 saturated heterocycles. The van der Waals surface area contributed by atoms with Crippen molar-refractivity contribution in [2.24, 2.45) is 4.99 Å². The third kappa shape index (κ3) is 7.69. The van der Waals surface area contributed by atoms with Crippen molar-refractivity contribution >= 4 is 35.8 Å². The smallest absolute Gasteiger partial charge is 0.234 e. The minimum Gasteiger partial charge on any atom is -0.357 e. The van der Waals surface area contributed by atoms with Gasteiger partial charge in [0.05, 0.1) is 6.54 Å². The summed E-state index contributed by atoms with van der Waals surface area (Å²) in [5.74, 6) is 0.0452. The molecule has 2 N–H and O–H groups in total. The van der Waals surface area contributed by atoms with E-state index >= 15 is 0 Å². The highest BCUT2D eigenvalue weighted by Gasteiger charge is 2.25. The molecular weight excluding hydrogens is 491 g/mol. The van der Waals surface area contributed by atoms with Crippen LogP contribution in [-0.2, 0) is 11.2 Å². The van der Waals surface area contributed by atoms with Gasteiger partial charge in [-0.25, -0.2) is 8.78 Å². The van der Waals surface area contributed by atoms with Crippen molar-refractivity contribution in [2.75, 3.05) is 45.8 Å². The number of carbonyl (C=O) groups excluding carboxylic acids is 1. The van der Waals surface area contributed by atoms with Crippen molar-refractivity contribution in [3.05, 3.63) is 35.4 Å². The molecule has 2 fully saturated rings. The van der Waals surface area contributed by atoms with Gasteiger partial charge in [-0.3, -0.25) is 14.7 Å². The van der Waals surface area contributed by atoms with E-state index in [2.05, 4.69) is 25.4 Å². The summed E-state index contributed by atoms with van der Waals surface area (Å²) in [7, 11) is 0. The Hall–Kier alpha value is -1.49. The molecule has 1 saturated carbocycles. The third-order valence-corrected chi connectivity index (χ3v) is 4.97. The van der Waals surface area contributed by atoms with Crippen LogP contribution in [0.15, 0.2) is 23.2 Å². The molecule has 2 aliphatic rings. The molecule has 1 heterocycles. The largest absolute Gasteiger partial charge is 0.357 e. The lowest BCUT2D eigenvalue weighted by atomic mass is 10.1. The summed E-state index contributed by atoms with van der Waals surface area (Å²) in [5, 5.41) is 6.28. The van der Waals surface area contributed by atoms with Crippen molar-refractivity contribution in [1.82, 2.24) is 20.4 Å². The molecule has 1 aromatic carbocycles. The van der Waals surface area contributed by atoms with E-state index in [1.807, 2.05) is 6.92 Å². The Bertz CT molecular complexity index is 706. The van der Waals surface area contributed by atoms with Crippen LogP contribution in [0.2, 0.25) is 0 Å². The number of rotatable bonds is 7. The summed E-state index contributed by atoms with van der Waals surface area (Å²) in [6, 6.07) is 3.89. The van der Waals surface area contributed by atoms with Gasteiger partial charge in [0.1, 0.15) is 11.6 Å². The Morgan fingerprint density at radius 3 is 2.59 bits per heavy atom. The van der Waals surface area contributed by atoms with Crippen LogP contribution in [0.3, 0.4) is 0 Å². The van der Waals surface area contributed by atoms with Gasteiger partial charge in [0.2, 0.25) is 5.91 Å². The zero-order chi connectivity index (χ0) is 19.9. The van der Waals surface area contributed by atoms with E-state index in [4.69, 9.17) is 0 Å². The SMILES string of the molecule is CCNC(=NCCc1cc(F)ccc1F)N1CCN(CC(=O)NC2CC2)CC1.I. The van der Waals surface area contributed by atoms with Gasteiger partial charge in [0.15, 0.2) is 5.96 Å². The molecule has 1 amide bonds.